The van der Waals surface area contributed by atoms with Crippen molar-refractivity contribution in [1.82, 2.24) is 0 Å². The smallest absolute Gasteiger partial charge is 0.236 e. The van der Waals surface area contributed by atoms with Crippen LogP contribution in [0.3, 0.4) is 0 Å². The van der Waals surface area contributed by atoms with Crippen LogP contribution in [-0.4, -0.2) is 26.6 Å². The summed E-state index contributed by atoms with van der Waals surface area (Å²) in [6, 6.07) is 1.38. The molecule has 1 heterocycles. The number of amides is 1. The van der Waals surface area contributed by atoms with Gasteiger partial charge in [0.1, 0.15) is 0 Å². The van der Waals surface area contributed by atoms with Gasteiger partial charge in [0.15, 0.2) is 11.6 Å². The molecule has 5 rings (SSSR count). The Bertz CT molecular complexity index is 1210. The lowest BCUT2D eigenvalue weighted by Gasteiger charge is -2.39. The number of hydrogen-bond donors (Lipinski definition) is 1. The molecule has 4 aliphatic rings. The molecule has 0 radical (unpaired) electrons. The van der Waals surface area contributed by atoms with Crippen LogP contribution in [0.5, 0.6) is 0 Å². The van der Waals surface area contributed by atoms with Crippen molar-refractivity contribution in [2.24, 2.45) is 17.8 Å². The number of benzene rings is 1. The van der Waals surface area contributed by atoms with Crippen molar-refractivity contribution in [3.8, 4) is 0 Å². The van der Waals surface area contributed by atoms with E-state index in [0.29, 0.717) is 30.4 Å². The minimum Gasteiger partial charge on any atom is -0.309 e. The Balaban J connectivity index is 1.43. The first-order valence-electron chi connectivity index (χ1n) is 12.2. The lowest BCUT2D eigenvalue weighted by molar-refractivity contribution is -0.120. The van der Waals surface area contributed by atoms with Crippen LogP contribution in [0.1, 0.15) is 64.9 Å². The molecule has 2 saturated carbocycles. The van der Waals surface area contributed by atoms with Crippen molar-refractivity contribution in [2.75, 3.05) is 21.9 Å². The van der Waals surface area contributed by atoms with Gasteiger partial charge in [-0.05, 0) is 61.5 Å². The number of fused-ring (bicyclic) bond motifs is 1. The summed E-state index contributed by atoms with van der Waals surface area (Å²) in [6.45, 7) is 6.07. The van der Waals surface area contributed by atoms with E-state index < -0.39 is 32.8 Å². The molecule has 1 aliphatic heterocycles. The molecule has 0 bridgehead atoms. The maximum atomic E-state index is 15.4. The molecule has 0 spiro atoms. The van der Waals surface area contributed by atoms with Crippen molar-refractivity contribution < 1.29 is 22.0 Å². The topological polar surface area (TPSA) is 66.5 Å². The molecule has 1 amide bonds. The number of hydrogen-bond acceptors (Lipinski definition) is 3. The standard InChI is InChI=1S/C26H32F2N2O3S/c1-15-10-17(6-9-19(15)18-7-8-18)14-34(32,33)29-21-11-20-25(24(28)23(21)27)30(13-16-4-5-16)22(31)12-26(20,2)3/h6,9,11,15-16,18,29H,4-5,7-8,10,12-14H2,1-3H3. The molecule has 1 atom stereocenters. The van der Waals surface area contributed by atoms with Gasteiger partial charge in [0.2, 0.25) is 15.9 Å². The molecule has 0 aromatic heterocycles. The van der Waals surface area contributed by atoms with Crippen LogP contribution < -0.4 is 9.62 Å². The number of nitrogens with one attached hydrogen (secondary N) is 1. The highest BCUT2D eigenvalue weighted by Gasteiger charge is 2.42. The Morgan fingerprint density at radius 2 is 1.82 bits per heavy atom. The van der Waals surface area contributed by atoms with Crippen LogP contribution in [0.25, 0.3) is 0 Å². The first-order chi connectivity index (χ1) is 15.9. The molecule has 0 saturated heterocycles. The van der Waals surface area contributed by atoms with Gasteiger partial charge in [-0.3, -0.25) is 9.52 Å². The van der Waals surface area contributed by atoms with Gasteiger partial charge < -0.3 is 4.90 Å². The van der Waals surface area contributed by atoms with Gasteiger partial charge in [-0.2, -0.15) is 0 Å². The molecule has 2 fully saturated rings. The zero-order valence-electron chi connectivity index (χ0n) is 20.0. The Labute approximate surface area is 200 Å². The van der Waals surface area contributed by atoms with Crippen LogP contribution in [0.4, 0.5) is 20.2 Å². The molecule has 1 aromatic carbocycles. The van der Waals surface area contributed by atoms with E-state index in [2.05, 4.69) is 11.6 Å². The zero-order valence-corrected chi connectivity index (χ0v) is 20.8. The monoisotopic (exact) mass is 490 g/mol. The first-order valence-corrected chi connectivity index (χ1v) is 13.8. The highest BCUT2D eigenvalue weighted by atomic mass is 32.2. The fourth-order valence-electron chi connectivity index (χ4n) is 5.38. The number of rotatable bonds is 7. The first kappa shape index (κ1) is 23.5. The average Bonchev–Trinajstić information content (AvgIpc) is 3.63. The summed E-state index contributed by atoms with van der Waals surface area (Å²) in [5.41, 5.74) is 1.40. The third-order valence-corrected chi connectivity index (χ3v) is 8.83. The number of carbonyl (C=O) groups excluding carboxylic acids is 1. The fraction of sp³-hybridized carbons (Fsp3) is 0.577. The SMILES string of the molecule is CC1CC(CS(=O)(=O)Nc2cc3c(c(F)c2F)N(CC2CC2)C(=O)CC3(C)C)=CC=C1C1CC1. The summed E-state index contributed by atoms with van der Waals surface area (Å²) in [5, 5.41) is 0. The molecule has 34 heavy (non-hydrogen) atoms. The predicted octanol–water partition coefficient (Wildman–Crippen LogP) is 5.43. The third kappa shape index (κ3) is 4.53. The van der Waals surface area contributed by atoms with Gasteiger partial charge in [-0.25, -0.2) is 17.2 Å². The zero-order chi connectivity index (χ0) is 24.4. The number of carbonyl (C=O) groups is 1. The second-order valence-electron chi connectivity index (χ2n) is 11.2. The number of nitrogens with zero attached hydrogens (tertiary/aromatic N) is 1. The van der Waals surface area contributed by atoms with E-state index >= 15 is 8.78 Å². The normalized spacial score (nSPS) is 24.4. The largest absolute Gasteiger partial charge is 0.309 e. The van der Waals surface area contributed by atoms with Crippen LogP contribution in [-0.2, 0) is 20.2 Å². The Morgan fingerprint density at radius 1 is 1.12 bits per heavy atom. The van der Waals surface area contributed by atoms with E-state index in [1.54, 1.807) is 13.8 Å². The lowest BCUT2D eigenvalue weighted by atomic mass is 9.76. The predicted molar refractivity (Wildman–Crippen MR) is 129 cm³/mol. The summed E-state index contributed by atoms with van der Waals surface area (Å²) in [5.74, 6) is -1.71. The second-order valence-corrected chi connectivity index (χ2v) is 12.9. The van der Waals surface area contributed by atoms with Gasteiger partial charge >= 0.3 is 0 Å². The van der Waals surface area contributed by atoms with Crippen molar-refractivity contribution in [2.45, 2.75) is 64.7 Å². The van der Waals surface area contributed by atoms with Gasteiger partial charge in [-0.1, -0.05) is 44.1 Å². The van der Waals surface area contributed by atoms with E-state index in [1.807, 2.05) is 12.2 Å². The Hall–Kier alpha value is -2.22. The maximum Gasteiger partial charge on any atom is 0.236 e. The molecule has 1 N–H and O–H groups in total. The van der Waals surface area contributed by atoms with Crippen LogP contribution in [0.15, 0.2) is 29.4 Å². The highest BCUT2D eigenvalue weighted by molar-refractivity contribution is 7.92. The van der Waals surface area contributed by atoms with Crippen LogP contribution in [0.2, 0.25) is 0 Å². The van der Waals surface area contributed by atoms with Gasteiger partial charge in [0.05, 0.1) is 17.1 Å². The van der Waals surface area contributed by atoms with Crippen LogP contribution in [0, 0.1) is 29.4 Å². The number of allylic oxidation sites excluding steroid dienone is 3. The summed E-state index contributed by atoms with van der Waals surface area (Å²) in [6.07, 6.45) is 9.03. The summed E-state index contributed by atoms with van der Waals surface area (Å²) in [4.78, 5) is 14.1. The van der Waals surface area contributed by atoms with Crippen molar-refractivity contribution in [3.05, 3.63) is 46.6 Å². The van der Waals surface area contributed by atoms with E-state index in [1.165, 1.54) is 29.4 Å². The highest BCUT2D eigenvalue weighted by Crippen LogP contribution is 2.46. The van der Waals surface area contributed by atoms with Crippen molar-refractivity contribution >= 4 is 27.3 Å². The van der Waals surface area contributed by atoms with E-state index in [9.17, 15) is 13.2 Å². The summed E-state index contributed by atoms with van der Waals surface area (Å²) < 4.78 is 58.7. The van der Waals surface area contributed by atoms with Gasteiger partial charge in [-0.15, -0.1) is 0 Å². The molecular weight excluding hydrogens is 458 g/mol. The Kier molecular flexibility index (Phi) is 5.66. The average molecular weight is 491 g/mol. The van der Waals surface area contributed by atoms with Gasteiger partial charge in [0.25, 0.3) is 0 Å². The van der Waals surface area contributed by atoms with E-state index in [4.69, 9.17) is 0 Å². The van der Waals surface area contributed by atoms with Crippen molar-refractivity contribution in [1.29, 1.82) is 0 Å². The lowest BCUT2D eigenvalue weighted by Crippen LogP contribution is -2.44. The molecule has 8 heteroatoms. The summed E-state index contributed by atoms with van der Waals surface area (Å²) >= 11 is 0. The third-order valence-electron chi connectivity index (χ3n) is 7.55. The summed E-state index contributed by atoms with van der Waals surface area (Å²) in [7, 11) is -3.95. The molecular formula is C26H32F2N2O3S. The Morgan fingerprint density at radius 3 is 2.44 bits per heavy atom. The quantitative estimate of drug-likeness (QED) is 0.554. The minimum atomic E-state index is -3.95. The molecule has 5 nitrogen and oxygen atoms in total. The fourth-order valence-corrected chi connectivity index (χ4v) is 6.64. The van der Waals surface area contributed by atoms with E-state index in [0.717, 1.165) is 18.4 Å². The van der Waals surface area contributed by atoms with Crippen LogP contribution >= 0.6 is 0 Å². The molecule has 1 unspecified atom stereocenters. The van der Waals surface area contributed by atoms with E-state index in [-0.39, 0.29) is 29.7 Å². The van der Waals surface area contributed by atoms with Crippen molar-refractivity contribution in [3.63, 3.8) is 0 Å². The molecule has 3 aliphatic carbocycles. The number of sulfonamides is 1. The molecule has 184 valence electrons. The van der Waals surface area contributed by atoms with Gasteiger partial charge in [0, 0.05) is 18.4 Å². The minimum absolute atomic E-state index is 0.0462. The molecule has 1 aromatic rings. The number of anilines is 2. The maximum absolute atomic E-state index is 15.4. The number of halogens is 2. The second kappa shape index (κ2) is 8.18.